The number of H-pyrrole nitrogens is 1. The second kappa shape index (κ2) is 9.65. The molecule has 5 rings (SSSR count). The highest BCUT2D eigenvalue weighted by Gasteiger charge is 2.25. The number of methoxy groups -OCH3 is 1. The lowest BCUT2D eigenvalue weighted by Gasteiger charge is -2.28. The van der Waals surface area contributed by atoms with Crippen LogP contribution in [0.25, 0.3) is 27.6 Å². The number of aryl methyl sites for hydroxylation is 1. The molecule has 9 nitrogen and oxygen atoms in total. The number of aromatic nitrogens is 4. The number of amides is 1. The van der Waals surface area contributed by atoms with Gasteiger partial charge in [0.2, 0.25) is 5.91 Å². The normalized spacial score (nSPS) is 13.6. The molecule has 2 aromatic heterocycles. The van der Waals surface area contributed by atoms with Gasteiger partial charge < -0.3 is 19.7 Å². The Hall–Kier alpha value is -4.47. The van der Waals surface area contributed by atoms with Crippen molar-refractivity contribution >= 4 is 28.4 Å². The second-order valence-corrected chi connectivity index (χ2v) is 8.51. The zero-order valence-electron chi connectivity index (χ0n) is 19.6. The van der Waals surface area contributed by atoms with E-state index in [0.717, 1.165) is 0 Å². The van der Waals surface area contributed by atoms with Gasteiger partial charge in [0.15, 0.2) is 5.82 Å². The molecule has 0 aliphatic carbocycles. The van der Waals surface area contributed by atoms with E-state index < -0.39 is 11.8 Å². The first-order valence-electron chi connectivity index (χ1n) is 11.5. The number of carboxylic acids is 1. The second-order valence-electron chi connectivity index (χ2n) is 8.51. The molecule has 0 saturated carbocycles. The van der Waals surface area contributed by atoms with E-state index in [1.807, 2.05) is 24.3 Å². The number of carbonyl (C=O) groups excluding carboxylic acids is 1. The Morgan fingerprint density at radius 1 is 1.19 bits per heavy atom. The van der Waals surface area contributed by atoms with Crippen LogP contribution in [0.5, 0.6) is 5.75 Å². The van der Waals surface area contributed by atoms with Crippen molar-refractivity contribution in [2.75, 3.05) is 20.2 Å². The highest BCUT2D eigenvalue weighted by molar-refractivity contribution is 6.03. The standard InChI is InChI=1S/C26H24FN5O4/c1-36-22-7-3-2-6-17(22)19-13-18(24(27)25-20(19)14-21(29-25)26(34)35)16-5-4-10-31(15-16)23(33)8-11-32-12-9-28-30-32/h2-3,5-7,9,12-14,29H,4,8,10-11,15H2,1H3,(H,34,35). The first kappa shape index (κ1) is 23.3. The van der Waals surface area contributed by atoms with Gasteiger partial charge in [-0.15, -0.1) is 5.10 Å². The Morgan fingerprint density at radius 2 is 2.03 bits per heavy atom. The van der Waals surface area contributed by atoms with E-state index in [2.05, 4.69) is 15.3 Å². The van der Waals surface area contributed by atoms with Crippen molar-refractivity contribution in [2.45, 2.75) is 19.4 Å². The van der Waals surface area contributed by atoms with Crippen molar-refractivity contribution < 1.29 is 23.8 Å². The predicted octanol–water partition coefficient (Wildman–Crippen LogP) is 3.98. The van der Waals surface area contributed by atoms with E-state index in [1.165, 1.54) is 6.07 Å². The SMILES string of the molecule is COc1ccccc1-c1cc(C2=CCCN(C(=O)CCn3ccnn3)C2)c(F)c2[nH]c(C(=O)O)cc12. The number of halogens is 1. The molecule has 0 radical (unpaired) electrons. The Bertz CT molecular complexity index is 1480. The van der Waals surface area contributed by atoms with E-state index in [1.54, 1.807) is 41.2 Å². The maximum atomic E-state index is 15.9. The lowest BCUT2D eigenvalue weighted by atomic mass is 9.93. The maximum Gasteiger partial charge on any atom is 0.352 e. The molecule has 0 atom stereocenters. The summed E-state index contributed by atoms with van der Waals surface area (Å²) in [6.07, 6.45) is 6.01. The molecule has 0 saturated heterocycles. The van der Waals surface area contributed by atoms with Crippen LogP contribution < -0.4 is 4.74 Å². The molecule has 10 heteroatoms. The number of para-hydroxylation sites is 1. The van der Waals surface area contributed by atoms with Crippen LogP contribution in [0.15, 0.2) is 54.9 Å². The fourth-order valence-electron chi connectivity index (χ4n) is 4.57. The summed E-state index contributed by atoms with van der Waals surface area (Å²) in [5.74, 6) is -1.22. The van der Waals surface area contributed by atoms with E-state index in [0.29, 0.717) is 52.9 Å². The van der Waals surface area contributed by atoms with Crippen molar-refractivity contribution in [1.82, 2.24) is 24.9 Å². The fraction of sp³-hybridized carbons (Fsp3) is 0.231. The maximum absolute atomic E-state index is 15.9. The van der Waals surface area contributed by atoms with Gasteiger partial charge in [-0.1, -0.05) is 29.5 Å². The van der Waals surface area contributed by atoms with Crippen LogP contribution in [0.3, 0.4) is 0 Å². The van der Waals surface area contributed by atoms with E-state index in [4.69, 9.17) is 4.74 Å². The molecule has 2 aromatic carbocycles. The van der Waals surface area contributed by atoms with E-state index in [9.17, 15) is 14.7 Å². The molecule has 0 spiro atoms. The first-order valence-corrected chi connectivity index (χ1v) is 11.5. The third kappa shape index (κ3) is 4.33. The van der Waals surface area contributed by atoms with Gasteiger partial charge in [0, 0.05) is 42.2 Å². The molecule has 36 heavy (non-hydrogen) atoms. The first-order chi connectivity index (χ1) is 17.5. The number of aromatic amines is 1. The summed E-state index contributed by atoms with van der Waals surface area (Å²) >= 11 is 0. The van der Waals surface area contributed by atoms with Crippen molar-refractivity contribution in [3.63, 3.8) is 0 Å². The molecule has 1 amide bonds. The Labute approximate surface area is 205 Å². The molecule has 0 fully saturated rings. The van der Waals surface area contributed by atoms with Gasteiger partial charge >= 0.3 is 5.97 Å². The van der Waals surface area contributed by atoms with Crippen molar-refractivity contribution in [3.05, 3.63) is 71.9 Å². The van der Waals surface area contributed by atoms with Crippen molar-refractivity contribution in [3.8, 4) is 16.9 Å². The quantitative estimate of drug-likeness (QED) is 0.406. The monoisotopic (exact) mass is 489 g/mol. The fourth-order valence-corrected chi connectivity index (χ4v) is 4.57. The van der Waals surface area contributed by atoms with Crippen LogP contribution in [-0.2, 0) is 11.3 Å². The molecule has 4 aromatic rings. The summed E-state index contributed by atoms with van der Waals surface area (Å²) in [6.45, 7) is 1.19. The highest BCUT2D eigenvalue weighted by Crippen LogP contribution is 2.40. The summed E-state index contributed by atoms with van der Waals surface area (Å²) in [6, 6.07) is 10.5. The molecule has 1 aliphatic heterocycles. The largest absolute Gasteiger partial charge is 0.496 e. The Morgan fingerprint density at radius 3 is 2.78 bits per heavy atom. The lowest BCUT2D eigenvalue weighted by molar-refractivity contribution is -0.131. The number of nitrogens with zero attached hydrogens (tertiary/aromatic N) is 4. The number of hydrogen-bond acceptors (Lipinski definition) is 5. The van der Waals surface area contributed by atoms with E-state index in [-0.39, 0.29) is 30.1 Å². The van der Waals surface area contributed by atoms with Crippen LogP contribution in [0.2, 0.25) is 0 Å². The zero-order chi connectivity index (χ0) is 25.2. The van der Waals surface area contributed by atoms with Gasteiger partial charge in [-0.3, -0.25) is 9.48 Å². The van der Waals surface area contributed by atoms with Crippen LogP contribution in [0.4, 0.5) is 4.39 Å². The van der Waals surface area contributed by atoms with Crippen molar-refractivity contribution in [1.29, 1.82) is 0 Å². The van der Waals surface area contributed by atoms with Gasteiger partial charge in [-0.25, -0.2) is 9.18 Å². The van der Waals surface area contributed by atoms with Crippen LogP contribution >= 0.6 is 0 Å². The van der Waals surface area contributed by atoms with Gasteiger partial charge in [0.25, 0.3) is 0 Å². The number of nitrogens with one attached hydrogen (secondary N) is 1. The molecule has 3 heterocycles. The smallest absolute Gasteiger partial charge is 0.352 e. The molecule has 0 unspecified atom stereocenters. The number of fused-ring (bicyclic) bond motifs is 1. The number of ether oxygens (including phenoxy) is 1. The van der Waals surface area contributed by atoms with Gasteiger partial charge in [-0.05, 0) is 35.8 Å². The predicted molar refractivity (Wildman–Crippen MR) is 131 cm³/mol. The molecular formula is C26H24FN5O4. The Kier molecular flexibility index (Phi) is 6.24. The minimum atomic E-state index is -1.18. The highest BCUT2D eigenvalue weighted by atomic mass is 19.1. The molecule has 2 N–H and O–H groups in total. The number of aromatic carboxylic acids is 1. The lowest BCUT2D eigenvalue weighted by Crippen LogP contribution is -2.36. The van der Waals surface area contributed by atoms with Gasteiger partial charge in [0.05, 0.1) is 25.4 Å². The molecule has 0 bridgehead atoms. The summed E-state index contributed by atoms with van der Waals surface area (Å²) in [4.78, 5) is 29.0. The van der Waals surface area contributed by atoms with Crippen LogP contribution in [0.1, 0.15) is 28.9 Å². The number of rotatable bonds is 7. The minimum Gasteiger partial charge on any atom is -0.496 e. The van der Waals surface area contributed by atoms with Crippen LogP contribution in [-0.4, -0.2) is 62.1 Å². The molecule has 184 valence electrons. The van der Waals surface area contributed by atoms with Gasteiger partial charge in [-0.2, -0.15) is 0 Å². The molecule has 1 aliphatic rings. The minimum absolute atomic E-state index is 0.0597. The third-order valence-electron chi connectivity index (χ3n) is 6.36. The average Bonchev–Trinajstić information content (AvgIpc) is 3.58. The average molecular weight is 490 g/mol. The van der Waals surface area contributed by atoms with Crippen molar-refractivity contribution in [2.24, 2.45) is 0 Å². The third-order valence-corrected chi connectivity index (χ3v) is 6.36. The molecular weight excluding hydrogens is 465 g/mol. The summed E-state index contributed by atoms with van der Waals surface area (Å²) in [5, 5.41) is 17.6. The Balaban J connectivity index is 1.54. The number of carboxylic acid groups (broad SMARTS) is 1. The number of carbonyl (C=O) groups is 2. The summed E-state index contributed by atoms with van der Waals surface area (Å²) < 4.78 is 23.0. The summed E-state index contributed by atoms with van der Waals surface area (Å²) in [7, 11) is 1.55. The van der Waals surface area contributed by atoms with E-state index >= 15 is 4.39 Å². The topological polar surface area (TPSA) is 113 Å². The van der Waals surface area contributed by atoms with Gasteiger partial charge in [0.1, 0.15) is 11.4 Å². The number of hydrogen-bond donors (Lipinski definition) is 2. The summed E-state index contributed by atoms with van der Waals surface area (Å²) in [5.41, 5.74) is 2.31. The van der Waals surface area contributed by atoms with Crippen LogP contribution in [0, 0.1) is 5.82 Å². The number of benzene rings is 2. The zero-order valence-corrected chi connectivity index (χ0v) is 19.6.